The Morgan fingerprint density at radius 2 is 1.94 bits per heavy atom. The monoisotopic (exact) mass is 499 g/mol. The van der Waals surface area contributed by atoms with Gasteiger partial charge in [-0.25, -0.2) is 5.48 Å². The maximum Gasteiger partial charge on any atom is 0.256 e. The van der Waals surface area contributed by atoms with Crippen LogP contribution in [0.2, 0.25) is 0 Å². The molecule has 1 atom stereocenters. The van der Waals surface area contributed by atoms with Gasteiger partial charge in [0.2, 0.25) is 5.91 Å². The molecule has 0 saturated carbocycles. The van der Waals surface area contributed by atoms with E-state index >= 15 is 0 Å². The molecule has 0 aliphatic rings. The van der Waals surface area contributed by atoms with E-state index in [0.29, 0.717) is 18.7 Å². The predicted octanol–water partition coefficient (Wildman–Crippen LogP) is 6.44. The summed E-state index contributed by atoms with van der Waals surface area (Å²) in [5.74, 6) is 2.30. The van der Waals surface area contributed by atoms with Crippen molar-refractivity contribution in [2.75, 3.05) is 6.54 Å². The van der Waals surface area contributed by atoms with E-state index < -0.39 is 0 Å². The van der Waals surface area contributed by atoms with Crippen LogP contribution in [0.5, 0.6) is 0 Å². The fraction of sp³-hybridized carbons (Fsp3) is 0.429. The Morgan fingerprint density at radius 1 is 1.29 bits per heavy atom. The summed E-state index contributed by atoms with van der Waals surface area (Å²) in [6.07, 6.45) is 12.3. The van der Waals surface area contributed by atoms with Crippen molar-refractivity contribution in [2.24, 2.45) is 0 Å². The molecule has 6 nitrogen and oxygen atoms in total. The average Bonchev–Trinajstić information content (AvgIpc) is 3.29. The number of aromatic amines is 1. The lowest BCUT2D eigenvalue weighted by Crippen LogP contribution is -2.32. The minimum absolute atomic E-state index is 0.0456. The second-order valence-electron chi connectivity index (χ2n) is 7.35. The number of hydrogen-bond donors (Lipinski definition) is 3. The van der Waals surface area contributed by atoms with Crippen LogP contribution in [0.3, 0.4) is 0 Å². The topological polar surface area (TPSA) is 85.4 Å². The lowest BCUT2D eigenvalue weighted by atomic mass is 10.1. The molecule has 35 heavy (non-hydrogen) atoms. The average molecular weight is 500 g/mol. The number of nitrogens with zero attached hydrogens (tertiary/aromatic N) is 1. The maximum absolute atomic E-state index is 12.7. The number of rotatable bonds is 10. The quantitative estimate of drug-likeness (QED) is 0.199. The van der Waals surface area contributed by atoms with E-state index in [1.54, 1.807) is 17.3 Å². The SMILES string of the molecule is C#C/C(=C\CC)N(CCC)C(=O)Cc1c[nH]c2ccccc12.C=C(CC)SC(C)C(=O)NO.CC. The third-order valence-electron chi connectivity index (χ3n) is 4.82. The van der Waals surface area contributed by atoms with Crippen molar-refractivity contribution >= 4 is 34.5 Å². The highest BCUT2D eigenvalue weighted by atomic mass is 32.2. The van der Waals surface area contributed by atoms with Gasteiger partial charge >= 0.3 is 0 Å². The van der Waals surface area contributed by atoms with Crippen molar-refractivity contribution in [3.8, 4) is 12.3 Å². The van der Waals surface area contributed by atoms with Crippen molar-refractivity contribution in [2.45, 2.75) is 72.5 Å². The number of aromatic nitrogens is 1. The first-order chi connectivity index (χ1) is 16.8. The van der Waals surface area contributed by atoms with Crippen molar-refractivity contribution in [1.82, 2.24) is 15.4 Å². The fourth-order valence-electron chi connectivity index (χ4n) is 3.06. The van der Waals surface area contributed by atoms with E-state index in [-0.39, 0.29) is 17.1 Å². The van der Waals surface area contributed by atoms with Crippen LogP contribution in [0, 0.1) is 12.3 Å². The van der Waals surface area contributed by atoms with Gasteiger partial charge in [0.25, 0.3) is 5.91 Å². The molecule has 2 rings (SSSR count). The molecular formula is C28H41N3O3S. The van der Waals surface area contributed by atoms with Gasteiger partial charge in [-0.05, 0) is 42.7 Å². The van der Waals surface area contributed by atoms with Crippen molar-refractivity contribution in [3.63, 3.8) is 0 Å². The van der Waals surface area contributed by atoms with Gasteiger partial charge in [-0.1, -0.05) is 71.4 Å². The number of terminal acetylenes is 1. The van der Waals surface area contributed by atoms with Crippen LogP contribution in [0.4, 0.5) is 0 Å². The molecule has 1 heterocycles. The summed E-state index contributed by atoms with van der Waals surface area (Å²) in [6, 6.07) is 8.01. The first kappa shape index (κ1) is 32.0. The first-order valence-corrected chi connectivity index (χ1v) is 13.0. The van der Waals surface area contributed by atoms with Crippen LogP contribution in [-0.4, -0.2) is 38.7 Å². The number of fused-ring (bicyclic) bond motifs is 1. The highest BCUT2D eigenvalue weighted by Gasteiger charge is 2.18. The first-order valence-electron chi connectivity index (χ1n) is 12.1. The van der Waals surface area contributed by atoms with Crippen LogP contribution in [-0.2, 0) is 16.0 Å². The van der Waals surface area contributed by atoms with Gasteiger partial charge in [0, 0.05) is 23.6 Å². The van der Waals surface area contributed by atoms with Gasteiger partial charge in [-0.2, -0.15) is 0 Å². The molecule has 0 aliphatic carbocycles. The molecule has 0 aliphatic heterocycles. The summed E-state index contributed by atoms with van der Waals surface area (Å²) in [5.41, 5.74) is 4.33. The molecule has 0 radical (unpaired) electrons. The van der Waals surface area contributed by atoms with Crippen LogP contribution < -0.4 is 5.48 Å². The number of carbonyl (C=O) groups excluding carboxylic acids is 2. The zero-order valence-electron chi connectivity index (χ0n) is 22.0. The fourth-order valence-corrected chi connectivity index (χ4v) is 3.88. The van der Waals surface area contributed by atoms with E-state index in [4.69, 9.17) is 11.6 Å². The van der Waals surface area contributed by atoms with E-state index in [0.717, 1.165) is 40.6 Å². The molecule has 1 unspecified atom stereocenters. The Morgan fingerprint density at radius 3 is 2.49 bits per heavy atom. The van der Waals surface area contributed by atoms with E-state index in [9.17, 15) is 9.59 Å². The third-order valence-corrected chi connectivity index (χ3v) is 6.01. The number of benzene rings is 1. The van der Waals surface area contributed by atoms with Crippen molar-refractivity contribution < 1.29 is 14.8 Å². The van der Waals surface area contributed by atoms with Crippen molar-refractivity contribution in [1.29, 1.82) is 0 Å². The summed E-state index contributed by atoms with van der Waals surface area (Å²) in [5, 5.41) is 9.07. The second kappa shape index (κ2) is 18.4. The maximum atomic E-state index is 12.7. The second-order valence-corrected chi connectivity index (χ2v) is 8.87. The number of para-hydroxylation sites is 1. The molecule has 0 fully saturated rings. The Bertz CT molecular complexity index is 1000. The highest BCUT2D eigenvalue weighted by molar-refractivity contribution is 8.04. The molecule has 2 aromatic rings. The number of thioether (sulfide) groups is 1. The van der Waals surface area contributed by atoms with Crippen LogP contribution in [0.15, 0.2) is 53.7 Å². The number of carbonyl (C=O) groups is 2. The highest BCUT2D eigenvalue weighted by Crippen LogP contribution is 2.22. The number of amides is 2. The molecule has 1 aromatic carbocycles. The van der Waals surface area contributed by atoms with Gasteiger partial charge in [0.15, 0.2) is 0 Å². The lowest BCUT2D eigenvalue weighted by Gasteiger charge is -2.22. The molecule has 3 N–H and O–H groups in total. The Labute approximate surface area is 215 Å². The van der Waals surface area contributed by atoms with E-state index in [1.807, 2.05) is 71.2 Å². The molecule has 0 bridgehead atoms. The third kappa shape index (κ3) is 10.9. The normalized spacial score (nSPS) is 11.2. The minimum atomic E-state index is -0.385. The van der Waals surface area contributed by atoms with Crippen LogP contribution >= 0.6 is 11.8 Å². The number of H-pyrrole nitrogens is 1. The summed E-state index contributed by atoms with van der Waals surface area (Å²) < 4.78 is 0. The lowest BCUT2D eigenvalue weighted by molar-refractivity contribution is -0.129. The summed E-state index contributed by atoms with van der Waals surface area (Å²) in [7, 11) is 0. The van der Waals surface area contributed by atoms with Crippen molar-refractivity contribution in [3.05, 3.63) is 59.3 Å². The smallest absolute Gasteiger partial charge is 0.256 e. The standard InChI is InChI=1S/C19H22N2O.C7H13NO2S.C2H6/c1-4-9-16(6-3)21(12-5-2)19(22)13-15-14-20-18-11-8-7-10-17(15)18;1-4-5(2)11-6(3)7(9)8-10;1-2/h3,7-11,14,20H,4-5,12-13H2,1-2H3;6,10H,2,4H2,1,3H3,(H,8,9);1-2H3/b16-9+;;. The largest absolute Gasteiger partial charge is 0.361 e. The predicted molar refractivity (Wildman–Crippen MR) is 149 cm³/mol. The van der Waals surface area contributed by atoms with Gasteiger partial charge in [0.05, 0.1) is 17.4 Å². The molecule has 2 amide bonds. The molecular weight excluding hydrogens is 458 g/mol. The van der Waals surface area contributed by atoms with Gasteiger partial charge < -0.3 is 9.88 Å². The molecule has 1 aromatic heterocycles. The van der Waals surface area contributed by atoms with Gasteiger partial charge in [-0.3, -0.25) is 14.8 Å². The number of hydroxylamine groups is 1. The van der Waals surface area contributed by atoms with Crippen LogP contribution in [0.25, 0.3) is 10.9 Å². The molecule has 7 heteroatoms. The zero-order valence-corrected chi connectivity index (χ0v) is 22.8. The van der Waals surface area contributed by atoms with E-state index in [2.05, 4.69) is 17.5 Å². The zero-order chi connectivity index (χ0) is 26.8. The summed E-state index contributed by atoms with van der Waals surface area (Å²) >= 11 is 1.37. The number of allylic oxidation sites excluding steroid dienone is 3. The van der Waals surface area contributed by atoms with Crippen LogP contribution in [0.1, 0.15) is 66.4 Å². The number of hydrogen-bond acceptors (Lipinski definition) is 4. The Kier molecular flexibility index (Phi) is 16.8. The molecule has 192 valence electrons. The molecule has 0 saturated heterocycles. The summed E-state index contributed by atoms with van der Waals surface area (Å²) in [6.45, 7) is 16.1. The Hall–Kier alpha value is -2.95. The van der Waals surface area contributed by atoms with Gasteiger partial charge in [-0.15, -0.1) is 18.2 Å². The Balaban J connectivity index is 0.000000754. The molecule has 0 spiro atoms. The van der Waals surface area contributed by atoms with Gasteiger partial charge in [0.1, 0.15) is 0 Å². The summed E-state index contributed by atoms with van der Waals surface area (Å²) in [4.78, 5) is 29.3. The number of nitrogens with one attached hydrogen (secondary N) is 2. The minimum Gasteiger partial charge on any atom is -0.361 e. The van der Waals surface area contributed by atoms with E-state index in [1.165, 1.54) is 11.8 Å².